The van der Waals surface area contributed by atoms with E-state index in [0.717, 1.165) is 87.9 Å². The molecule has 0 aliphatic rings. The van der Waals surface area contributed by atoms with Gasteiger partial charge in [0, 0.05) is 52.4 Å². The van der Waals surface area contributed by atoms with Crippen molar-refractivity contribution in [1.29, 1.82) is 0 Å². The van der Waals surface area contributed by atoms with Crippen molar-refractivity contribution in [2.75, 3.05) is 0 Å². The number of fused-ring (bicyclic) bond motifs is 9. The van der Waals surface area contributed by atoms with E-state index in [0.29, 0.717) is 5.56 Å². The maximum Gasteiger partial charge on any atom is 0 e. The van der Waals surface area contributed by atoms with Crippen LogP contribution in [0.5, 0.6) is 0 Å². The van der Waals surface area contributed by atoms with Gasteiger partial charge >= 0.3 is 133 Å². The van der Waals surface area contributed by atoms with Gasteiger partial charge < -0.3 is 4.57 Å². The Hall–Kier alpha value is -7.32. The molecule has 7 heteroatoms. The number of nitrogens with zero attached hydrogens (tertiary/aromatic N) is 3. The maximum atomic E-state index is 16.5. The first-order chi connectivity index (χ1) is 37.8. The van der Waals surface area contributed by atoms with E-state index in [1.54, 1.807) is 17.4 Å². The fourth-order valence-electron chi connectivity index (χ4n) is 10.9. The number of rotatable bonds is 9. The van der Waals surface area contributed by atoms with Gasteiger partial charge in [-0.3, -0.25) is 4.98 Å². The second-order valence-corrected chi connectivity index (χ2v) is 33.0. The summed E-state index contributed by atoms with van der Waals surface area (Å²) < 4.78 is 31.4. The topological polar surface area (TPSA) is 30.7 Å². The number of imidazole rings is 1. The largest absolute Gasteiger partial charge is 0 e. The molecule has 3 heterocycles. The number of pyridine rings is 1. The first-order valence-electron chi connectivity index (χ1n) is 26.9. The molecule has 10 aromatic carbocycles. The Bertz CT molecular complexity index is 4380. The SMILES string of the molecule is Cc1c[c-]c(-c2nc3c4ccccc4c4ccccc4c3n2-c2cc(-c3ccccc3)c(F)cc2-c2ccccc2)c2sc3cc(-c4ccccc4)ccc3c12.[2H]C(C)(c1cc(-c2[c-]cccc2)nc[c]1[Ge]([CH3])([CH3])[CH3])C(C)C.[Ir]. The summed E-state index contributed by atoms with van der Waals surface area (Å²) in [6.07, 6.45) is 2.03. The van der Waals surface area contributed by atoms with Gasteiger partial charge in [-0.1, -0.05) is 170 Å². The second-order valence-electron chi connectivity index (χ2n) is 21.3. The molecule has 13 aromatic rings. The second kappa shape index (κ2) is 21.8. The summed E-state index contributed by atoms with van der Waals surface area (Å²) in [5, 5.41) is 6.86. The number of aryl methyl sites for hydroxylation is 1. The summed E-state index contributed by atoms with van der Waals surface area (Å²) in [7, 11) is 0. The molecular weight excluding hydrogens is 1210 g/mol. The average molecular weight is 1270 g/mol. The predicted octanol–water partition coefficient (Wildman–Crippen LogP) is 19.5. The molecule has 0 N–H and O–H groups in total. The van der Waals surface area contributed by atoms with Gasteiger partial charge in [-0.2, -0.15) is 11.3 Å². The summed E-state index contributed by atoms with van der Waals surface area (Å²) in [5.74, 6) is 7.25. The van der Waals surface area contributed by atoms with Crippen molar-refractivity contribution in [3.05, 3.63) is 242 Å². The van der Waals surface area contributed by atoms with Gasteiger partial charge in [0.1, 0.15) is 5.82 Å². The Balaban J connectivity index is 0.000000243. The summed E-state index contributed by atoms with van der Waals surface area (Å²) in [4.78, 5) is 10.3. The van der Waals surface area contributed by atoms with E-state index < -0.39 is 19.2 Å². The van der Waals surface area contributed by atoms with E-state index in [4.69, 9.17) is 6.35 Å². The van der Waals surface area contributed by atoms with E-state index in [1.165, 1.54) is 36.6 Å². The van der Waals surface area contributed by atoms with Gasteiger partial charge in [0.15, 0.2) is 0 Å². The number of hydrogen-bond donors (Lipinski definition) is 0. The predicted molar refractivity (Wildman–Crippen MR) is 329 cm³/mol. The average Bonchev–Trinajstić information content (AvgIpc) is 4.29. The van der Waals surface area contributed by atoms with E-state index in [1.807, 2.05) is 92.0 Å². The van der Waals surface area contributed by atoms with Crippen molar-refractivity contribution in [3.63, 3.8) is 0 Å². The van der Waals surface area contributed by atoms with Crippen LogP contribution in [0.25, 0.3) is 114 Å². The third-order valence-electron chi connectivity index (χ3n) is 15.1. The third-order valence-corrected chi connectivity index (χ3v) is 20.5. The number of hydrogen-bond acceptors (Lipinski definition) is 3. The smallest absolute Gasteiger partial charge is 0 e. The van der Waals surface area contributed by atoms with Crippen molar-refractivity contribution < 1.29 is 25.9 Å². The molecule has 3 aromatic heterocycles. The van der Waals surface area contributed by atoms with Crippen LogP contribution in [0.3, 0.4) is 0 Å². The number of thiophene rings is 1. The van der Waals surface area contributed by atoms with Gasteiger partial charge in [0.25, 0.3) is 0 Å². The van der Waals surface area contributed by atoms with Crippen molar-refractivity contribution in [3.8, 4) is 61.7 Å². The first kappa shape index (κ1) is 51.4. The molecule has 0 aliphatic carbocycles. The normalized spacial score (nSPS) is 12.7. The zero-order valence-corrected chi connectivity index (χ0v) is 50.1. The van der Waals surface area contributed by atoms with Crippen molar-refractivity contribution in [2.45, 2.75) is 50.9 Å². The third kappa shape index (κ3) is 9.75. The minimum absolute atomic E-state index is 0. The van der Waals surface area contributed by atoms with Crippen LogP contribution >= 0.6 is 11.3 Å². The summed E-state index contributed by atoms with van der Waals surface area (Å²) in [6, 6.07) is 77.2. The Morgan fingerprint density at radius 3 is 1.86 bits per heavy atom. The number of benzene rings is 10. The van der Waals surface area contributed by atoms with Crippen LogP contribution in [-0.4, -0.2) is 27.8 Å². The number of aromatic nitrogens is 3. The molecule has 0 saturated heterocycles. The van der Waals surface area contributed by atoms with Crippen LogP contribution in [0.4, 0.5) is 4.39 Å². The summed E-state index contributed by atoms with van der Waals surface area (Å²) >= 11 is -0.297. The van der Waals surface area contributed by atoms with Crippen LogP contribution in [0.1, 0.15) is 39.2 Å². The Kier molecular flexibility index (Phi) is 14.4. The Morgan fingerprint density at radius 2 is 1.22 bits per heavy atom. The van der Waals surface area contributed by atoms with E-state index >= 15 is 4.39 Å². The zero-order chi connectivity index (χ0) is 53.9. The van der Waals surface area contributed by atoms with Gasteiger partial charge in [-0.15, -0.1) is 17.7 Å². The zero-order valence-electron chi connectivity index (χ0n) is 45.7. The Morgan fingerprint density at radius 1 is 0.615 bits per heavy atom. The monoisotopic (exact) mass is 1270 g/mol. The molecule has 0 bridgehead atoms. The van der Waals surface area contributed by atoms with Crippen molar-refractivity contribution in [2.24, 2.45) is 5.92 Å². The van der Waals surface area contributed by atoms with E-state index in [-0.39, 0.29) is 31.8 Å². The molecule has 1 unspecified atom stereocenters. The van der Waals surface area contributed by atoms with Gasteiger partial charge in [0.2, 0.25) is 0 Å². The van der Waals surface area contributed by atoms with Crippen LogP contribution in [0, 0.1) is 30.8 Å². The molecule has 385 valence electrons. The minimum Gasteiger partial charge on any atom is 0 e. The van der Waals surface area contributed by atoms with Crippen molar-refractivity contribution >= 4 is 81.7 Å². The van der Waals surface area contributed by atoms with Crippen molar-refractivity contribution in [1.82, 2.24) is 14.5 Å². The van der Waals surface area contributed by atoms with E-state index in [9.17, 15) is 0 Å². The van der Waals surface area contributed by atoms with Crippen LogP contribution in [-0.2, 0) is 20.1 Å². The van der Waals surface area contributed by atoms with Crippen LogP contribution in [0.2, 0.25) is 17.3 Å². The molecule has 13 rings (SSSR count). The molecule has 0 fully saturated rings. The van der Waals surface area contributed by atoms with Crippen LogP contribution < -0.4 is 4.40 Å². The minimum atomic E-state index is -2.08. The quantitative estimate of drug-likeness (QED) is 0.0819. The van der Waals surface area contributed by atoms with Gasteiger partial charge in [-0.25, -0.2) is 4.39 Å². The van der Waals surface area contributed by atoms with Crippen LogP contribution in [0.15, 0.2) is 212 Å². The molecule has 0 amide bonds. The standard InChI is InChI=1S/C52H32FN2S.C19H26GeN.Ir/c1-32-25-27-42(51-48(32)41-28-26-36(29-47(41)56-51)33-15-5-2-6-16-33)52-54-49-39-23-13-11-21-37(39)38-22-12-14-24-40(38)50(49)55(52)46-31-43(34-17-7-3-8-18-34)45(53)30-44(46)35-19-9-4-10-20-35;1-14(2)15(3)17-12-19(16-10-8-7-9-11-16)21-13-18(17)20(4,5)6;/h2-26,28-31H,1H3;7-10,12-15H,1-6H3;/q2*-1;/i;15D;. The number of halogens is 1. The molecule has 78 heavy (non-hydrogen) atoms. The molecule has 0 spiro atoms. The molecule has 1 atom stereocenters. The van der Waals surface area contributed by atoms with Gasteiger partial charge in [-0.05, 0) is 61.3 Å². The Labute approximate surface area is 478 Å². The summed E-state index contributed by atoms with van der Waals surface area (Å²) in [5.41, 5.74) is 13.3. The molecule has 0 saturated carbocycles. The summed E-state index contributed by atoms with van der Waals surface area (Å²) in [6.45, 7) is 8.45. The van der Waals surface area contributed by atoms with Gasteiger partial charge in [0.05, 0.1) is 16.9 Å². The van der Waals surface area contributed by atoms with E-state index in [2.05, 4.69) is 181 Å². The molecule has 3 nitrogen and oxygen atoms in total. The fourth-order valence-corrected chi connectivity index (χ4v) is 15.4. The fraction of sp³-hybridized carbons (Fsp3) is 0.127. The molecule has 0 aliphatic heterocycles. The first-order valence-corrected chi connectivity index (χ1v) is 34.6. The molecule has 1 radical (unpaired) electrons. The maximum absolute atomic E-state index is 16.5. The molecular formula is C71H58FGeIrN3S-2.